The fraction of sp³-hybridized carbons (Fsp3) is 0.267. The molecule has 2 heterocycles. The van der Waals surface area contributed by atoms with E-state index in [1.807, 2.05) is 12.1 Å². The number of hydrogen-bond acceptors (Lipinski definition) is 4. The second kappa shape index (κ2) is 6.39. The van der Waals surface area contributed by atoms with E-state index >= 15 is 0 Å². The molecule has 0 aliphatic carbocycles. The SMILES string of the molecule is Fc1ccc(C2CN(Nc3ccncc3)CCO2)cc1Cl. The average molecular weight is 308 g/mol. The van der Waals surface area contributed by atoms with Crippen molar-refractivity contribution in [3.63, 3.8) is 0 Å². The molecule has 2 aromatic rings. The smallest absolute Gasteiger partial charge is 0.141 e. The molecule has 1 saturated heterocycles. The molecule has 1 aliphatic rings. The maximum absolute atomic E-state index is 13.2. The maximum Gasteiger partial charge on any atom is 0.141 e. The third-order valence-corrected chi connectivity index (χ3v) is 3.64. The lowest BCUT2D eigenvalue weighted by atomic mass is 10.1. The highest BCUT2D eigenvalue weighted by molar-refractivity contribution is 6.30. The monoisotopic (exact) mass is 307 g/mol. The Morgan fingerprint density at radius 3 is 2.86 bits per heavy atom. The van der Waals surface area contributed by atoms with Gasteiger partial charge in [0, 0.05) is 25.5 Å². The summed E-state index contributed by atoms with van der Waals surface area (Å²) < 4.78 is 19.0. The van der Waals surface area contributed by atoms with E-state index in [1.54, 1.807) is 24.5 Å². The van der Waals surface area contributed by atoms with Gasteiger partial charge in [-0.3, -0.25) is 4.98 Å². The van der Waals surface area contributed by atoms with E-state index in [9.17, 15) is 4.39 Å². The van der Waals surface area contributed by atoms with E-state index in [4.69, 9.17) is 16.3 Å². The van der Waals surface area contributed by atoms with Crippen LogP contribution in [0.5, 0.6) is 0 Å². The molecule has 1 N–H and O–H groups in total. The fourth-order valence-corrected chi connectivity index (χ4v) is 2.46. The van der Waals surface area contributed by atoms with Crippen LogP contribution in [0.1, 0.15) is 11.7 Å². The predicted molar refractivity (Wildman–Crippen MR) is 79.5 cm³/mol. The Morgan fingerprint density at radius 1 is 1.29 bits per heavy atom. The Balaban J connectivity index is 1.69. The van der Waals surface area contributed by atoms with Gasteiger partial charge in [0.1, 0.15) is 5.82 Å². The van der Waals surface area contributed by atoms with Crippen LogP contribution in [0.4, 0.5) is 10.1 Å². The zero-order valence-electron chi connectivity index (χ0n) is 11.3. The molecule has 1 aliphatic heterocycles. The van der Waals surface area contributed by atoms with Crippen LogP contribution in [-0.4, -0.2) is 29.7 Å². The molecule has 1 unspecified atom stereocenters. The van der Waals surface area contributed by atoms with Crippen LogP contribution in [-0.2, 0) is 4.74 Å². The highest BCUT2D eigenvalue weighted by atomic mass is 35.5. The number of rotatable bonds is 3. The minimum Gasteiger partial charge on any atom is -0.371 e. The van der Waals surface area contributed by atoms with E-state index in [0.29, 0.717) is 13.2 Å². The van der Waals surface area contributed by atoms with Crippen LogP contribution >= 0.6 is 11.6 Å². The second-order valence-corrected chi connectivity index (χ2v) is 5.23. The summed E-state index contributed by atoms with van der Waals surface area (Å²) in [5, 5.41) is 2.19. The number of pyridine rings is 1. The van der Waals surface area contributed by atoms with Gasteiger partial charge in [-0.05, 0) is 29.8 Å². The van der Waals surface area contributed by atoms with Gasteiger partial charge in [-0.15, -0.1) is 0 Å². The van der Waals surface area contributed by atoms with Crippen LogP contribution in [0.25, 0.3) is 0 Å². The highest BCUT2D eigenvalue weighted by Gasteiger charge is 2.22. The van der Waals surface area contributed by atoms with Crippen molar-refractivity contribution in [2.24, 2.45) is 0 Å². The molecule has 4 nitrogen and oxygen atoms in total. The molecule has 3 rings (SSSR count). The summed E-state index contributed by atoms with van der Waals surface area (Å²) in [6.07, 6.45) is 3.34. The normalized spacial score (nSPS) is 19.4. The lowest BCUT2D eigenvalue weighted by Crippen LogP contribution is -2.41. The Labute approximate surface area is 127 Å². The van der Waals surface area contributed by atoms with Crippen LogP contribution in [0.3, 0.4) is 0 Å². The highest BCUT2D eigenvalue weighted by Crippen LogP contribution is 2.26. The molecule has 21 heavy (non-hydrogen) atoms. The minimum absolute atomic E-state index is 0.121. The van der Waals surface area contributed by atoms with Crippen LogP contribution in [0.15, 0.2) is 42.7 Å². The first-order valence-corrected chi connectivity index (χ1v) is 7.08. The summed E-state index contributed by atoms with van der Waals surface area (Å²) in [5.74, 6) is -0.414. The van der Waals surface area contributed by atoms with Gasteiger partial charge in [0.05, 0.1) is 23.4 Å². The quantitative estimate of drug-likeness (QED) is 0.944. The minimum atomic E-state index is -0.414. The fourth-order valence-electron chi connectivity index (χ4n) is 2.27. The van der Waals surface area contributed by atoms with Gasteiger partial charge >= 0.3 is 0 Å². The zero-order chi connectivity index (χ0) is 14.7. The van der Waals surface area contributed by atoms with E-state index in [0.717, 1.165) is 17.8 Å². The largest absolute Gasteiger partial charge is 0.371 e. The number of nitrogens with zero attached hydrogens (tertiary/aromatic N) is 2. The number of benzene rings is 1. The Morgan fingerprint density at radius 2 is 2.10 bits per heavy atom. The number of nitrogens with one attached hydrogen (secondary N) is 1. The Hall–Kier alpha value is -1.69. The zero-order valence-corrected chi connectivity index (χ0v) is 12.1. The summed E-state index contributed by atoms with van der Waals surface area (Å²) in [7, 11) is 0. The van der Waals surface area contributed by atoms with Crippen LogP contribution in [0.2, 0.25) is 5.02 Å². The summed E-state index contributed by atoms with van der Waals surface area (Å²) in [6.45, 7) is 2.02. The van der Waals surface area contributed by atoms with Crippen LogP contribution < -0.4 is 5.43 Å². The van der Waals surface area contributed by atoms with Gasteiger partial charge in [0.2, 0.25) is 0 Å². The van der Waals surface area contributed by atoms with Crippen molar-refractivity contribution in [3.05, 3.63) is 59.1 Å². The number of anilines is 1. The molecule has 1 atom stereocenters. The average Bonchev–Trinajstić information content (AvgIpc) is 2.51. The third kappa shape index (κ3) is 3.50. The molecule has 1 aromatic heterocycles. The first kappa shape index (κ1) is 14.3. The summed E-state index contributed by atoms with van der Waals surface area (Å²) in [5.41, 5.74) is 5.17. The predicted octanol–water partition coefficient (Wildman–Crippen LogP) is 3.27. The molecule has 0 radical (unpaired) electrons. The number of halogens is 2. The van der Waals surface area contributed by atoms with Gasteiger partial charge < -0.3 is 10.2 Å². The van der Waals surface area contributed by atoms with Gasteiger partial charge in [-0.2, -0.15) is 0 Å². The summed E-state index contributed by atoms with van der Waals surface area (Å²) in [6, 6.07) is 8.51. The number of ether oxygens (including phenoxy) is 1. The molecular formula is C15H15ClFN3O. The molecule has 110 valence electrons. The molecule has 0 saturated carbocycles. The first-order chi connectivity index (χ1) is 10.2. The second-order valence-electron chi connectivity index (χ2n) is 4.83. The number of hydrazine groups is 1. The molecule has 1 fully saturated rings. The van der Waals surface area contributed by atoms with Crippen molar-refractivity contribution in [1.29, 1.82) is 0 Å². The molecular weight excluding hydrogens is 293 g/mol. The topological polar surface area (TPSA) is 37.4 Å². The lowest BCUT2D eigenvalue weighted by Gasteiger charge is -2.33. The molecule has 1 aromatic carbocycles. The van der Waals surface area contributed by atoms with Crippen molar-refractivity contribution >= 4 is 17.3 Å². The van der Waals surface area contributed by atoms with Gasteiger partial charge in [0.15, 0.2) is 0 Å². The van der Waals surface area contributed by atoms with Crippen molar-refractivity contribution < 1.29 is 9.13 Å². The number of hydrogen-bond donors (Lipinski definition) is 1. The summed E-state index contributed by atoms with van der Waals surface area (Å²) >= 11 is 5.83. The van der Waals surface area contributed by atoms with Crippen molar-refractivity contribution in [2.75, 3.05) is 25.1 Å². The van der Waals surface area contributed by atoms with Gasteiger partial charge in [-0.1, -0.05) is 17.7 Å². The van der Waals surface area contributed by atoms with Crippen molar-refractivity contribution in [2.45, 2.75) is 6.10 Å². The maximum atomic E-state index is 13.2. The van der Waals surface area contributed by atoms with Gasteiger partial charge in [-0.25, -0.2) is 9.40 Å². The number of aromatic nitrogens is 1. The lowest BCUT2D eigenvalue weighted by molar-refractivity contribution is -0.0213. The number of morpholine rings is 1. The van der Waals surface area contributed by atoms with E-state index < -0.39 is 5.82 Å². The summed E-state index contributed by atoms with van der Waals surface area (Å²) in [4.78, 5) is 3.99. The van der Waals surface area contributed by atoms with Crippen molar-refractivity contribution in [1.82, 2.24) is 9.99 Å². The molecule has 0 spiro atoms. The van der Waals surface area contributed by atoms with E-state index in [1.165, 1.54) is 6.07 Å². The third-order valence-electron chi connectivity index (χ3n) is 3.35. The molecule has 0 amide bonds. The molecule has 0 bridgehead atoms. The first-order valence-electron chi connectivity index (χ1n) is 6.70. The van der Waals surface area contributed by atoms with E-state index in [-0.39, 0.29) is 11.1 Å². The van der Waals surface area contributed by atoms with Crippen LogP contribution in [0, 0.1) is 5.82 Å². The Kier molecular flexibility index (Phi) is 4.34. The van der Waals surface area contributed by atoms with Gasteiger partial charge in [0.25, 0.3) is 0 Å². The van der Waals surface area contributed by atoms with Crippen molar-refractivity contribution in [3.8, 4) is 0 Å². The standard InChI is InChI=1S/C15H15ClFN3O/c16-13-9-11(1-2-14(13)17)15-10-20(7-8-21-15)19-12-3-5-18-6-4-12/h1-6,9,15H,7-8,10H2,(H,18,19). The molecule has 6 heteroatoms. The van der Waals surface area contributed by atoms with E-state index in [2.05, 4.69) is 15.4 Å². The Bertz CT molecular complexity index is 611.